The lowest BCUT2D eigenvalue weighted by Crippen LogP contribution is -2.14. The number of benzene rings is 2. The minimum absolute atomic E-state index is 0.280. The summed E-state index contributed by atoms with van der Waals surface area (Å²) in [4.78, 5) is 26.0. The molecule has 0 spiro atoms. The van der Waals surface area contributed by atoms with Crippen LogP contribution in [0.2, 0.25) is 0 Å². The Kier molecular flexibility index (Phi) is 6.58. The van der Waals surface area contributed by atoms with Gasteiger partial charge < -0.3 is 24.3 Å². The molecular weight excluding hydrogens is 406 g/mol. The van der Waals surface area contributed by atoms with Crippen LogP contribution >= 0.6 is 11.3 Å². The van der Waals surface area contributed by atoms with Gasteiger partial charge in [0.2, 0.25) is 5.75 Å². The van der Waals surface area contributed by atoms with E-state index in [1.54, 1.807) is 18.2 Å². The van der Waals surface area contributed by atoms with Gasteiger partial charge in [-0.3, -0.25) is 4.79 Å². The number of ether oxygens (including phenoxy) is 4. The molecule has 30 heavy (non-hydrogen) atoms. The van der Waals surface area contributed by atoms with E-state index in [1.165, 1.54) is 39.8 Å². The number of esters is 1. The minimum atomic E-state index is -0.534. The first kappa shape index (κ1) is 21.2. The van der Waals surface area contributed by atoms with Crippen molar-refractivity contribution in [2.75, 3.05) is 33.8 Å². The van der Waals surface area contributed by atoms with E-state index in [2.05, 4.69) is 5.32 Å². The summed E-state index contributed by atoms with van der Waals surface area (Å²) >= 11 is 1.29. The van der Waals surface area contributed by atoms with E-state index in [1.807, 2.05) is 30.3 Å². The number of amides is 1. The van der Waals surface area contributed by atoms with E-state index in [0.29, 0.717) is 22.2 Å². The first-order valence-electron chi connectivity index (χ1n) is 8.91. The number of hydrogen-bond donors (Lipinski definition) is 1. The number of rotatable bonds is 7. The second-order valence-corrected chi connectivity index (χ2v) is 7.13. The highest BCUT2D eigenvalue weighted by atomic mass is 32.1. The predicted molar refractivity (Wildman–Crippen MR) is 115 cm³/mol. The minimum Gasteiger partial charge on any atom is -0.493 e. The second kappa shape index (κ2) is 9.32. The van der Waals surface area contributed by atoms with Gasteiger partial charge in [-0.05, 0) is 23.8 Å². The van der Waals surface area contributed by atoms with Crippen molar-refractivity contribution in [3.8, 4) is 27.7 Å². The van der Waals surface area contributed by atoms with E-state index in [9.17, 15) is 9.59 Å². The van der Waals surface area contributed by atoms with Gasteiger partial charge in [0, 0.05) is 10.4 Å². The molecule has 0 bridgehead atoms. The van der Waals surface area contributed by atoms with E-state index in [0.717, 1.165) is 10.4 Å². The summed E-state index contributed by atoms with van der Waals surface area (Å²) in [5.41, 5.74) is 1.50. The average molecular weight is 427 g/mol. The SMILES string of the molecule is COC(=O)c1cc(-c2ccccc2)sc1NC(=O)c1cc(OC)c(OC)c(OC)c1. The first-order valence-corrected chi connectivity index (χ1v) is 9.73. The van der Waals surface area contributed by atoms with Crippen LogP contribution in [0.25, 0.3) is 10.4 Å². The Morgan fingerprint density at radius 2 is 1.50 bits per heavy atom. The topological polar surface area (TPSA) is 83.1 Å². The molecule has 3 aromatic rings. The van der Waals surface area contributed by atoms with E-state index >= 15 is 0 Å². The number of carbonyl (C=O) groups is 2. The lowest BCUT2D eigenvalue weighted by Gasteiger charge is -2.14. The largest absolute Gasteiger partial charge is 0.493 e. The fourth-order valence-electron chi connectivity index (χ4n) is 2.88. The van der Waals surface area contributed by atoms with Crippen molar-refractivity contribution in [3.05, 3.63) is 59.7 Å². The van der Waals surface area contributed by atoms with E-state index in [4.69, 9.17) is 18.9 Å². The third-order valence-corrected chi connectivity index (χ3v) is 5.45. The van der Waals surface area contributed by atoms with Crippen LogP contribution < -0.4 is 19.5 Å². The molecule has 1 aromatic heterocycles. The van der Waals surface area contributed by atoms with Crippen molar-refractivity contribution in [2.45, 2.75) is 0 Å². The number of hydrogen-bond acceptors (Lipinski definition) is 7. The second-order valence-electron chi connectivity index (χ2n) is 6.08. The van der Waals surface area contributed by atoms with Gasteiger partial charge in [0.05, 0.1) is 34.0 Å². The zero-order valence-electron chi connectivity index (χ0n) is 17.0. The van der Waals surface area contributed by atoms with E-state index in [-0.39, 0.29) is 11.1 Å². The Labute approximate surface area is 178 Å². The fraction of sp³-hybridized carbons (Fsp3) is 0.182. The zero-order valence-corrected chi connectivity index (χ0v) is 17.8. The first-order chi connectivity index (χ1) is 14.5. The standard InChI is InChI=1S/C22H21NO6S/c1-26-16-10-14(11-17(27-2)19(16)28-3)20(24)23-21-15(22(25)29-4)12-18(30-21)13-8-6-5-7-9-13/h5-12H,1-4H3,(H,23,24). The highest BCUT2D eigenvalue weighted by molar-refractivity contribution is 7.20. The molecule has 1 N–H and O–H groups in total. The van der Waals surface area contributed by atoms with Gasteiger partial charge in [-0.25, -0.2) is 4.79 Å². The van der Waals surface area contributed by atoms with Crippen LogP contribution in [0.3, 0.4) is 0 Å². The van der Waals surface area contributed by atoms with Crippen molar-refractivity contribution in [3.63, 3.8) is 0 Å². The van der Waals surface area contributed by atoms with E-state index < -0.39 is 11.9 Å². The van der Waals surface area contributed by atoms with Gasteiger partial charge >= 0.3 is 5.97 Å². The van der Waals surface area contributed by atoms with Crippen LogP contribution in [-0.2, 0) is 4.74 Å². The molecule has 0 aliphatic rings. The summed E-state index contributed by atoms with van der Waals surface area (Å²) in [5, 5.41) is 3.19. The van der Waals surface area contributed by atoms with Gasteiger partial charge in [-0.15, -0.1) is 11.3 Å². The molecule has 2 aromatic carbocycles. The Hall–Kier alpha value is -3.52. The molecule has 7 nitrogen and oxygen atoms in total. The van der Waals surface area contributed by atoms with Crippen molar-refractivity contribution < 1.29 is 28.5 Å². The maximum atomic E-state index is 13.0. The van der Waals surface area contributed by atoms with Crippen molar-refractivity contribution in [2.24, 2.45) is 0 Å². The van der Waals surface area contributed by atoms with Crippen LogP contribution in [-0.4, -0.2) is 40.3 Å². The van der Waals surface area contributed by atoms with Gasteiger partial charge in [0.15, 0.2) is 11.5 Å². The molecular formula is C22H21NO6S. The molecule has 3 rings (SSSR count). The summed E-state index contributed by atoms with van der Waals surface area (Å²) in [6.07, 6.45) is 0. The van der Waals surface area contributed by atoms with Gasteiger partial charge in [-0.2, -0.15) is 0 Å². The molecule has 1 heterocycles. The zero-order chi connectivity index (χ0) is 21.7. The maximum absolute atomic E-state index is 13.0. The van der Waals surface area contributed by atoms with Crippen LogP contribution in [0, 0.1) is 0 Å². The molecule has 1 amide bonds. The number of thiophene rings is 1. The predicted octanol–water partition coefficient (Wildman–Crippen LogP) is 4.48. The lowest BCUT2D eigenvalue weighted by atomic mass is 10.1. The summed E-state index contributed by atoms with van der Waals surface area (Å²) in [6, 6.07) is 14.4. The van der Waals surface area contributed by atoms with Gasteiger partial charge in [0.25, 0.3) is 5.91 Å². The Morgan fingerprint density at radius 1 is 0.867 bits per heavy atom. The number of anilines is 1. The number of methoxy groups -OCH3 is 4. The molecule has 0 aliphatic heterocycles. The summed E-state index contributed by atoms with van der Waals surface area (Å²) in [6.45, 7) is 0. The summed E-state index contributed by atoms with van der Waals surface area (Å²) in [7, 11) is 5.73. The molecule has 0 unspecified atom stereocenters. The van der Waals surface area contributed by atoms with Crippen LogP contribution in [0.5, 0.6) is 17.2 Å². The number of nitrogens with one attached hydrogen (secondary N) is 1. The Balaban J connectivity index is 1.98. The quantitative estimate of drug-likeness (QED) is 0.560. The Bertz CT molecular complexity index is 1040. The highest BCUT2D eigenvalue weighted by Gasteiger charge is 2.22. The molecule has 0 fully saturated rings. The number of carbonyl (C=O) groups excluding carboxylic acids is 2. The molecule has 0 radical (unpaired) electrons. The van der Waals surface area contributed by atoms with Crippen LogP contribution in [0.15, 0.2) is 48.5 Å². The Morgan fingerprint density at radius 3 is 2.03 bits per heavy atom. The molecule has 0 saturated carbocycles. The van der Waals surface area contributed by atoms with Crippen molar-refractivity contribution >= 4 is 28.2 Å². The summed E-state index contributed by atoms with van der Waals surface area (Å²) < 4.78 is 20.8. The third kappa shape index (κ3) is 4.23. The average Bonchev–Trinajstić information content (AvgIpc) is 3.21. The molecule has 0 atom stereocenters. The maximum Gasteiger partial charge on any atom is 0.340 e. The van der Waals surface area contributed by atoms with Gasteiger partial charge in [-0.1, -0.05) is 30.3 Å². The third-order valence-electron chi connectivity index (χ3n) is 4.35. The molecule has 8 heteroatoms. The van der Waals surface area contributed by atoms with Crippen LogP contribution in [0.1, 0.15) is 20.7 Å². The smallest absolute Gasteiger partial charge is 0.340 e. The molecule has 0 aliphatic carbocycles. The normalized spacial score (nSPS) is 10.3. The summed E-state index contributed by atoms with van der Waals surface area (Å²) in [5.74, 6) is 0.126. The van der Waals surface area contributed by atoms with Crippen molar-refractivity contribution in [1.82, 2.24) is 0 Å². The fourth-order valence-corrected chi connectivity index (χ4v) is 3.92. The molecule has 156 valence electrons. The lowest BCUT2D eigenvalue weighted by molar-refractivity contribution is 0.0602. The highest BCUT2D eigenvalue weighted by Crippen LogP contribution is 2.39. The van der Waals surface area contributed by atoms with Gasteiger partial charge in [0.1, 0.15) is 5.00 Å². The monoisotopic (exact) mass is 427 g/mol. The van der Waals surface area contributed by atoms with Crippen molar-refractivity contribution in [1.29, 1.82) is 0 Å². The van der Waals surface area contributed by atoms with Crippen LogP contribution in [0.4, 0.5) is 5.00 Å². The molecule has 0 saturated heterocycles.